The molecule has 1 fully saturated rings. The van der Waals surface area contributed by atoms with Crippen LogP contribution in [0.25, 0.3) is 0 Å². The van der Waals surface area contributed by atoms with Crippen molar-refractivity contribution in [3.8, 4) is 5.75 Å². The van der Waals surface area contributed by atoms with Crippen LogP contribution in [-0.2, 0) is 11.3 Å². The number of ether oxygens (including phenoxy) is 1. The Kier molecular flexibility index (Phi) is 4.49. The van der Waals surface area contributed by atoms with E-state index >= 15 is 0 Å². The summed E-state index contributed by atoms with van der Waals surface area (Å²) in [6.45, 7) is 2.53. The molecular formula is C13H18N2O2S. The molecule has 0 spiro atoms. The molecule has 0 aliphatic carbocycles. The number of amides is 1. The lowest BCUT2D eigenvalue weighted by Gasteiger charge is -2.13. The van der Waals surface area contributed by atoms with Gasteiger partial charge in [-0.1, -0.05) is 17.7 Å². The van der Waals surface area contributed by atoms with Crippen LogP contribution in [0.2, 0.25) is 0 Å². The molecule has 1 heterocycles. The molecule has 5 heteroatoms. The molecule has 18 heavy (non-hydrogen) atoms. The van der Waals surface area contributed by atoms with E-state index in [0.717, 1.165) is 28.5 Å². The van der Waals surface area contributed by atoms with Crippen LogP contribution in [0.1, 0.15) is 11.1 Å². The molecule has 1 aliphatic heterocycles. The van der Waals surface area contributed by atoms with Crippen molar-refractivity contribution in [3.63, 3.8) is 0 Å². The SMILES string of the molecule is COc1ccc(C)cc1CNC(=O)C1CSCN1. The van der Waals surface area contributed by atoms with Crippen LogP contribution >= 0.6 is 11.8 Å². The Hall–Kier alpha value is -1.20. The molecule has 2 N–H and O–H groups in total. The topological polar surface area (TPSA) is 50.4 Å². The van der Waals surface area contributed by atoms with Crippen LogP contribution < -0.4 is 15.4 Å². The minimum absolute atomic E-state index is 0.0589. The summed E-state index contributed by atoms with van der Waals surface area (Å²) in [5, 5.41) is 6.10. The highest BCUT2D eigenvalue weighted by atomic mass is 32.2. The third-order valence-electron chi connectivity index (χ3n) is 2.92. The highest BCUT2D eigenvalue weighted by molar-refractivity contribution is 7.99. The zero-order valence-electron chi connectivity index (χ0n) is 10.7. The van der Waals surface area contributed by atoms with Gasteiger partial charge >= 0.3 is 0 Å². The van der Waals surface area contributed by atoms with E-state index in [1.165, 1.54) is 0 Å². The maximum absolute atomic E-state index is 11.9. The first kappa shape index (κ1) is 13.2. The van der Waals surface area contributed by atoms with Crippen molar-refractivity contribution < 1.29 is 9.53 Å². The number of nitrogens with one attached hydrogen (secondary N) is 2. The molecule has 1 amide bonds. The molecule has 0 aromatic heterocycles. The third kappa shape index (κ3) is 3.17. The second-order valence-corrected chi connectivity index (χ2v) is 5.34. The van der Waals surface area contributed by atoms with Crippen LogP contribution in [0.15, 0.2) is 18.2 Å². The Labute approximate surface area is 111 Å². The van der Waals surface area contributed by atoms with E-state index in [2.05, 4.69) is 10.6 Å². The summed E-state index contributed by atoms with van der Waals surface area (Å²) >= 11 is 1.75. The normalized spacial score (nSPS) is 18.7. The zero-order valence-corrected chi connectivity index (χ0v) is 11.5. The average Bonchev–Trinajstić information content (AvgIpc) is 2.90. The summed E-state index contributed by atoms with van der Waals surface area (Å²) < 4.78 is 5.29. The molecule has 1 saturated heterocycles. The average molecular weight is 266 g/mol. The maximum atomic E-state index is 11.9. The van der Waals surface area contributed by atoms with Crippen molar-refractivity contribution >= 4 is 17.7 Å². The summed E-state index contributed by atoms with van der Waals surface area (Å²) in [4.78, 5) is 11.9. The van der Waals surface area contributed by atoms with Gasteiger partial charge in [0.2, 0.25) is 5.91 Å². The van der Waals surface area contributed by atoms with E-state index in [9.17, 15) is 4.79 Å². The predicted molar refractivity (Wildman–Crippen MR) is 73.8 cm³/mol. The minimum atomic E-state index is -0.0641. The number of benzene rings is 1. The van der Waals surface area contributed by atoms with Gasteiger partial charge in [0.25, 0.3) is 0 Å². The van der Waals surface area contributed by atoms with E-state index < -0.39 is 0 Å². The summed E-state index contributed by atoms with van der Waals surface area (Å²) in [5.74, 6) is 2.57. The molecule has 98 valence electrons. The fourth-order valence-electron chi connectivity index (χ4n) is 1.91. The lowest BCUT2D eigenvalue weighted by Crippen LogP contribution is -2.41. The molecule has 0 radical (unpaired) electrons. The van der Waals surface area contributed by atoms with Gasteiger partial charge in [0.15, 0.2) is 0 Å². The van der Waals surface area contributed by atoms with Gasteiger partial charge in [0, 0.05) is 23.7 Å². The van der Waals surface area contributed by atoms with Crippen LogP contribution in [0, 0.1) is 6.92 Å². The monoisotopic (exact) mass is 266 g/mol. The van der Waals surface area contributed by atoms with Crippen molar-refractivity contribution in [2.75, 3.05) is 18.7 Å². The van der Waals surface area contributed by atoms with Crippen molar-refractivity contribution in [2.45, 2.75) is 19.5 Å². The van der Waals surface area contributed by atoms with Crippen LogP contribution in [0.5, 0.6) is 5.75 Å². The molecule has 4 nitrogen and oxygen atoms in total. The first-order valence-electron chi connectivity index (χ1n) is 5.93. The number of thioether (sulfide) groups is 1. The van der Waals surface area contributed by atoms with Crippen LogP contribution in [-0.4, -0.2) is 30.7 Å². The standard InChI is InChI=1S/C13H18N2O2S/c1-9-3-4-12(17-2)10(5-9)6-14-13(16)11-7-18-8-15-11/h3-5,11,15H,6-8H2,1-2H3,(H,14,16). The van der Waals surface area contributed by atoms with Gasteiger partial charge in [-0.05, 0) is 13.0 Å². The summed E-state index contributed by atoms with van der Waals surface area (Å²) in [7, 11) is 1.64. The van der Waals surface area contributed by atoms with Crippen LogP contribution in [0.3, 0.4) is 0 Å². The quantitative estimate of drug-likeness (QED) is 0.862. The predicted octanol–water partition coefficient (Wildman–Crippen LogP) is 1.28. The minimum Gasteiger partial charge on any atom is -0.496 e. The third-order valence-corrected chi connectivity index (χ3v) is 3.86. The van der Waals surface area contributed by atoms with E-state index in [-0.39, 0.29) is 11.9 Å². The van der Waals surface area contributed by atoms with Gasteiger partial charge < -0.3 is 10.1 Å². The summed E-state index contributed by atoms with van der Waals surface area (Å²) in [6, 6.07) is 5.90. The second-order valence-electron chi connectivity index (χ2n) is 4.30. The number of hydrogen-bond donors (Lipinski definition) is 2. The van der Waals surface area contributed by atoms with E-state index in [1.807, 2.05) is 25.1 Å². The van der Waals surface area contributed by atoms with Gasteiger partial charge in [0.1, 0.15) is 5.75 Å². The van der Waals surface area contributed by atoms with E-state index in [1.54, 1.807) is 18.9 Å². The lowest BCUT2D eigenvalue weighted by molar-refractivity contribution is -0.122. The fraction of sp³-hybridized carbons (Fsp3) is 0.462. The van der Waals surface area contributed by atoms with Crippen molar-refractivity contribution in [3.05, 3.63) is 29.3 Å². The maximum Gasteiger partial charge on any atom is 0.238 e. The number of carbonyl (C=O) groups is 1. The van der Waals surface area contributed by atoms with Gasteiger partial charge in [-0.3, -0.25) is 10.1 Å². The lowest BCUT2D eigenvalue weighted by atomic mass is 10.1. The van der Waals surface area contributed by atoms with Crippen molar-refractivity contribution in [1.29, 1.82) is 0 Å². The highest BCUT2D eigenvalue weighted by Crippen LogP contribution is 2.19. The molecule has 0 saturated carbocycles. The zero-order chi connectivity index (χ0) is 13.0. The van der Waals surface area contributed by atoms with Crippen molar-refractivity contribution in [2.24, 2.45) is 0 Å². The number of carbonyl (C=O) groups excluding carboxylic acids is 1. The number of aryl methyl sites for hydroxylation is 1. The fourth-order valence-corrected chi connectivity index (χ4v) is 2.86. The number of hydrogen-bond acceptors (Lipinski definition) is 4. The first-order chi connectivity index (χ1) is 8.70. The molecule has 1 aromatic rings. The van der Waals surface area contributed by atoms with E-state index in [0.29, 0.717) is 6.54 Å². The smallest absolute Gasteiger partial charge is 0.238 e. The Morgan fingerprint density at radius 1 is 1.61 bits per heavy atom. The Morgan fingerprint density at radius 3 is 3.11 bits per heavy atom. The first-order valence-corrected chi connectivity index (χ1v) is 7.08. The van der Waals surface area contributed by atoms with Crippen molar-refractivity contribution in [1.82, 2.24) is 10.6 Å². The van der Waals surface area contributed by atoms with Crippen LogP contribution in [0.4, 0.5) is 0 Å². The molecular weight excluding hydrogens is 248 g/mol. The molecule has 1 aliphatic rings. The summed E-state index contributed by atoms with van der Waals surface area (Å²) in [6.07, 6.45) is 0. The van der Waals surface area contributed by atoms with Gasteiger partial charge in [0.05, 0.1) is 13.2 Å². The number of rotatable bonds is 4. The Balaban J connectivity index is 1.96. The second kappa shape index (κ2) is 6.11. The highest BCUT2D eigenvalue weighted by Gasteiger charge is 2.22. The molecule has 1 unspecified atom stereocenters. The Bertz CT molecular complexity index is 431. The molecule has 1 atom stereocenters. The van der Waals surface area contributed by atoms with E-state index in [4.69, 9.17) is 4.74 Å². The van der Waals surface area contributed by atoms with Gasteiger partial charge in [-0.25, -0.2) is 0 Å². The molecule has 2 rings (SSSR count). The Morgan fingerprint density at radius 2 is 2.44 bits per heavy atom. The molecule has 1 aromatic carbocycles. The largest absolute Gasteiger partial charge is 0.496 e. The number of methoxy groups -OCH3 is 1. The summed E-state index contributed by atoms with van der Waals surface area (Å²) in [5.41, 5.74) is 2.17. The van der Waals surface area contributed by atoms with Gasteiger partial charge in [-0.15, -0.1) is 11.8 Å². The molecule has 0 bridgehead atoms. The van der Waals surface area contributed by atoms with Gasteiger partial charge in [-0.2, -0.15) is 0 Å².